The summed E-state index contributed by atoms with van der Waals surface area (Å²) in [5.41, 5.74) is 6.75. The molecule has 1 heteroatoms. The predicted molar refractivity (Wildman–Crippen MR) is 88.5 cm³/mol. The number of aryl methyl sites for hydroxylation is 3. The van der Waals surface area contributed by atoms with Gasteiger partial charge in [-0.2, -0.15) is 0 Å². The number of hydrogen-bond acceptors (Lipinski definition) is 1. The van der Waals surface area contributed by atoms with E-state index in [1.165, 1.54) is 27.9 Å². The Labute approximate surface area is 123 Å². The highest BCUT2D eigenvalue weighted by atomic mass is 14.9. The van der Waals surface area contributed by atoms with E-state index in [0.29, 0.717) is 6.04 Å². The van der Waals surface area contributed by atoms with Crippen LogP contribution in [0.3, 0.4) is 0 Å². The summed E-state index contributed by atoms with van der Waals surface area (Å²) >= 11 is 0. The van der Waals surface area contributed by atoms with Crippen molar-refractivity contribution in [2.45, 2.75) is 46.6 Å². The highest BCUT2D eigenvalue weighted by Gasteiger charge is 2.06. The van der Waals surface area contributed by atoms with E-state index in [2.05, 4.69) is 75.5 Å². The van der Waals surface area contributed by atoms with Gasteiger partial charge in [0.25, 0.3) is 0 Å². The molecule has 0 heterocycles. The molecule has 0 aliphatic rings. The van der Waals surface area contributed by atoms with Crippen LogP contribution in [-0.2, 0) is 6.42 Å². The molecule has 0 aromatic heterocycles. The average molecular weight is 267 g/mol. The lowest BCUT2D eigenvalue weighted by atomic mass is 10.0. The van der Waals surface area contributed by atoms with Crippen LogP contribution < -0.4 is 5.32 Å². The molecule has 20 heavy (non-hydrogen) atoms. The minimum absolute atomic E-state index is 0.482. The Morgan fingerprint density at radius 1 is 1.00 bits per heavy atom. The largest absolute Gasteiger partial charge is 0.382 e. The second-order valence-corrected chi connectivity index (χ2v) is 5.82. The molecule has 0 spiro atoms. The van der Waals surface area contributed by atoms with Crippen LogP contribution in [0.5, 0.6) is 0 Å². The molecule has 0 bridgehead atoms. The molecule has 1 N–H and O–H groups in total. The molecule has 0 fully saturated rings. The third-order valence-corrected chi connectivity index (χ3v) is 3.96. The Hall–Kier alpha value is -1.76. The van der Waals surface area contributed by atoms with Gasteiger partial charge in [0.1, 0.15) is 0 Å². The van der Waals surface area contributed by atoms with Crippen LogP contribution >= 0.6 is 0 Å². The summed E-state index contributed by atoms with van der Waals surface area (Å²) in [5, 5.41) is 3.64. The maximum Gasteiger partial charge on any atom is 0.0374 e. The third kappa shape index (κ3) is 3.86. The van der Waals surface area contributed by atoms with Crippen molar-refractivity contribution < 1.29 is 0 Å². The Bertz CT molecular complexity index is 572. The lowest BCUT2D eigenvalue weighted by Crippen LogP contribution is -2.17. The summed E-state index contributed by atoms with van der Waals surface area (Å²) in [4.78, 5) is 0. The normalized spacial score (nSPS) is 12.2. The SMILES string of the molecule is Cc1cccc(CCC(C)Nc2cccc(C)c2C)c1. The Balaban J connectivity index is 1.92. The quantitative estimate of drug-likeness (QED) is 0.799. The van der Waals surface area contributed by atoms with Crippen LogP contribution in [0.4, 0.5) is 5.69 Å². The summed E-state index contributed by atoms with van der Waals surface area (Å²) in [6, 6.07) is 15.7. The van der Waals surface area contributed by atoms with E-state index in [4.69, 9.17) is 0 Å². The molecule has 0 saturated heterocycles. The Morgan fingerprint density at radius 2 is 1.75 bits per heavy atom. The van der Waals surface area contributed by atoms with Gasteiger partial charge in [0, 0.05) is 11.7 Å². The standard InChI is InChI=1S/C19H25N/c1-14-7-5-9-18(13-14)12-11-16(3)20-19-10-6-8-15(2)17(19)4/h5-10,13,16,20H,11-12H2,1-4H3. The molecule has 2 aromatic carbocycles. The minimum atomic E-state index is 0.482. The zero-order valence-corrected chi connectivity index (χ0v) is 13.0. The molecule has 0 aliphatic heterocycles. The van der Waals surface area contributed by atoms with Gasteiger partial charge in [0.15, 0.2) is 0 Å². The topological polar surface area (TPSA) is 12.0 Å². The zero-order chi connectivity index (χ0) is 14.5. The fourth-order valence-electron chi connectivity index (χ4n) is 2.50. The van der Waals surface area contributed by atoms with Crippen LogP contribution in [0, 0.1) is 20.8 Å². The van der Waals surface area contributed by atoms with E-state index in [9.17, 15) is 0 Å². The number of benzene rings is 2. The summed E-state index contributed by atoms with van der Waals surface area (Å²) in [6.45, 7) is 8.77. The molecule has 1 nitrogen and oxygen atoms in total. The molecular formula is C19H25N. The van der Waals surface area contributed by atoms with Gasteiger partial charge in [-0.15, -0.1) is 0 Å². The average Bonchev–Trinajstić information content (AvgIpc) is 2.42. The smallest absolute Gasteiger partial charge is 0.0374 e. The monoisotopic (exact) mass is 267 g/mol. The van der Waals surface area contributed by atoms with Crippen LogP contribution in [0.15, 0.2) is 42.5 Å². The van der Waals surface area contributed by atoms with Crippen molar-refractivity contribution in [2.75, 3.05) is 5.32 Å². The molecule has 0 aliphatic carbocycles. The van der Waals surface area contributed by atoms with Crippen LogP contribution in [0.1, 0.15) is 35.6 Å². The third-order valence-electron chi connectivity index (χ3n) is 3.96. The van der Waals surface area contributed by atoms with E-state index in [1.807, 2.05) is 0 Å². The highest BCUT2D eigenvalue weighted by Crippen LogP contribution is 2.20. The van der Waals surface area contributed by atoms with Crippen molar-refractivity contribution in [3.8, 4) is 0 Å². The molecule has 106 valence electrons. The lowest BCUT2D eigenvalue weighted by Gasteiger charge is -2.18. The van der Waals surface area contributed by atoms with Gasteiger partial charge in [-0.1, -0.05) is 42.0 Å². The number of hydrogen-bond donors (Lipinski definition) is 1. The maximum atomic E-state index is 3.64. The molecule has 0 radical (unpaired) electrons. The van der Waals surface area contributed by atoms with Crippen molar-refractivity contribution in [1.82, 2.24) is 0 Å². The first-order valence-electron chi connectivity index (χ1n) is 7.44. The summed E-state index contributed by atoms with van der Waals surface area (Å²) in [5.74, 6) is 0. The zero-order valence-electron chi connectivity index (χ0n) is 13.0. The first-order valence-corrected chi connectivity index (χ1v) is 7.44. The lowest BCUT2D eigenvalue weighted by molar-refractivity contribution is 0.705. The van der Waals surface area contributed by atoms with Gasteiger partial charge in [0.2, 0.25) is 0 Å². The van der Waals surface area contributed by atoms with E-state index >= 15 is 0 Å². The summed E-state index contributed by atoms with van der Waals surface area (Å²) in [7, 11) is 0. The molecule has 1 atom stereocenters. The van der Waals surface area contributed by atoms with Crippen LogP contribution in [0.2, 0.25) is 0 Å². The molecule has 2 rings (SSSR count). The fourth-order valence-corrected chi connectivity index (χ4v) is 2.50. The number of nitrogens with one attached hydrogen (secondary N) is 1. The number of anilines is 1. The van der Waals surface area contributed by atoms with E-state index < -0.39 is 0 Å². The van der Waals surface area contributed by atoms with Gasteiger partial charge >= 0.3 is 0 Å². The van der Waals surface area contributed by atoms with Gasteiger partial charge in [-0.05, 0) is 63.3 Å². The Kier molecular flexibility index (Phi) is 4.84. The van der Waals surface area contributed by atoms with Crippen LogP contribution in [0.25, 0.3) is 0 Å². The fraction of sp³-hybridized carbons (Fsp3) is 0.368. The van der Waals surface area contributed by atoms with Crippen molar-refractivity contribution in [3.63, 3.8) is 0 Å². The molecule has 2 aromatic rings. The molecule has 0 saturated carbocycles. The minimum Gasteiger partial charge on any atom is -0.382 e. The summed E-state index contributed by atoms with van der Waals surface area (Å²) in [6.07, 6.45) is 2.28. The molecular weight excluding hydrogens is 242 g/mol. The van der Waals surface area contributed by atoms with E-state index in [0.717, 1.165) is 12.8 Å². The second-order valence-electron chi connectivity index (χ2n) is 5.82. The first-order chi connectivity index (χ1) is 9.56. The van der Waals surface area contributed by atoms with Gasteiger partial charge in [-0.25, -0.2) is 0 Å². The van der Waals surface area contributed by atoms with Crippen LogP contribution in [-0.4, -0.2) is 6.04 Å². The molecule has 1 unspecified atom stereocenters. The first kappa shape index (κ1) is 14.6. The van der Waals surface area contributed by atoms with Gasteiger partial charge in [0.05, 0.1) is 0 Å². The van der Waals surface area contributed by atoms with Crippen molar-refractivity contribution in [3.05, 3.63) is 64.7 Å². The van der Waals surface area contributed by atoms with E-state index in [-0.39, 0.29) is 0 Å². The second kappa shape index (κ2) is 6.60. The van der Waals surface area contributed by atoms with Crippen molar-refractivity contribution in [2.24, 2.45) is 0 Å². The van der Waals surface area contributed by atoms with Gasteiger partial charge < -0.3 is 5.32 Å². The van der Waals surface area contributed by atoms with Crippen molar-refractivity contribution in [1.29, 1.82) is 0 Å². The summed E-state index contributed by atoms with van der Waals surface area (Å²) < 4.78 is 0. The number of rotatable bonds is 5. The molecule has 0 amide bonds. The Morgan fingerprint density at radius 3 is 2.50 bits per heavy atom. The van der Waals surface area contributed by atoms with Crippen molar-refractivity contribution >= 4 is 5.69 Å². The van der Waals surface area contributed by atoms with E-state index in [1.54, 1.807) is 0 Å². The predicted octanol–water partition coefficient (Wildman–Crippen LogP) is 5.05. The maximum absolute atomic E-state index is 3.64. The highest BCUT2D eigenvalue weighted by molar-refractivity contribution is 5.54. The van der Waals surface area contributed by atoms with Gasteiger partial charge in [-0.3, -0.25) is 0 Å².